The Bertz CT molecular complexity index is 544. The van der Waals surface area contributed by atoms with E-state index in [0.29, 0.717) is 11.2 Å². The fourth-order valence-electron chi connectivity index (χ4n) is 2.03. The van der Waals surface area contributed by atoms with E-state index in [4.69, 9.17) is 21.8 Å². The summed E-state index contributed by atoms with van der Waals surface area (Å²) in [6.45, 7) is 1.21. The van der Waals surface area contributed by atoms with Gasteiger partial charge in [-0.25, -0.2) is 0 Å². The van der Waals surface area contributed by atoms with E-state index < -0.39 is 0 Å². The Hall–Kier alpha value is -0.810. The van der Waals surface area contributed by atoms with E-state index in [-0.39, 0.29) is 6.04 Å². The number of likely N-dealkylation sites (N-methyl/N-ethyl adjacent to an activating group) is 1. The molecule has 0 spiro atoms. The molecule has 5 heteroatoms. The minimum Gasteiger partial charge on any atom is -0.453 e. The second-order valence-electron chi connectivity index (χ2n) is 4.40. The van der Waals surface area contributed by atoms with Gasteiger partial charge in [0.05, 0.1) is 6.04 Å². The first-order valence-electron chi connectivity index (χ1n) is 6.00. The summed E-state index contributed by atoms with van der Waals surface area (Å²) < 4.78 is 6.30. The van der Waals surface area contributed by atoms with E-state index in [1.165, 1.54) is 0 Å². The van der Waals surface area contributed by atoms with Crippen molar-refractivity contribution in [2.75, 3.05) is 13.6 Å². The predicted molar refractivity (Wildman–Crippen MR) is 81.1 cm³/mol. The molecule has 0 saturated heterocycles. The third-order valence-electron chi connectivity index (χ3n) is 3.06. The van der Waals surface area contributed by atoms with Gasteiger partial charge in [-0.05, 0) is 46.7 Å². The highest BCUT2D eigenvalue weighted by molar-refractivity contribution is 9.10. The molecule has 102 valence electrons. The number of rotatable bonds is 5. The van der Waals surface area contributed by atoms with Gasteiger partial charge in [-0.1, -0.05) is 29.8 Å². The van der Waals surface area contributed by atoms with Crippen molar-refractivity contribution < 1.29 is 4.42 Å². The second kappa shape index (κ2) is 6.57. The summed E-state index contributed by atoms with van der Waals surface area (Å²) in [4.78, 5) is 2.13. The molecule has 1 aromatic carbocycles. The maximum atomic E-state index is 6.18. The van der Waals surface area contributed by atoms with Crippen molar-refractivity contribution in [1.82, 2.24) is 4.90 Å². The topological polar surface area (TPSA) is 42.4 Å². The van der Waals surface area contributed by atoms with Crippen molar-refractivity contribution in [3.05, 3.63) is 57.4 Å². The SMILES string of the molecule is CN(Cc1ccccc1Cl)C(CN)c1ccc(Br)o1. The minimum absolute atomic E-state index is 0.0302. The van der Waals surface area contributed by atoms with Gasteiger partial charge in [0.1, 0.15) is 5.76 Å². The van der Waals surface area contributed by atoms with Gasteiger partial charge in [0.15, 0.2) is 4.67 Å². The maximum absolute atomic E-state index is 6.18. The molecule has 1 heterocycles. The fourth-order valence-corrected chi connectivity index (χ4v) is 2.54. The molecule has 2 rings (SSSR count). The molecule has 2 N–H and O–H groups in total. The Morgan fingerprint density at radius 3 is 2.63 bits per heavy atom. The van der Waals surface area contributed by atoms with Crippen LogP contribution < -0.4 is 5.73 Å². The molecule has 3 nitrogen and oxygen atoms in total. The van der Waals surface area contributed by atoms with E-state index in [1.807, 2.05) is 43.4 Å². The zero-order chi connectivity index (χ0) is 13.8. The van der Waals surface area contributed by atoms with Crippen LogP contribution >= 0.6 is 27.5 Å². The Morgan fingerprint density at radius 1 is 1.32 bits per heavy atom. The van der Waals surface area contributed by atoms with Crippen LogP contribution in [0.4, 0.5) is 0 Å². The number of nitrogens with two attached hydrogens (primary N) is 1. The van der Waals surface area contributed by atoms with Gasteiger partial charge in [-0.15, -0.1) is 0 Å². The predicted octanol–water partition coefficient (Wildman–Crippen LogP) is 3.83. The summed E-state index contributed by atoms with van der Waals surface area (Å²) in [5.41, 5.74) is 6.94. The van der Waals surface area contributed by atoms with Gasteiger partial charge in [0, 0.05) is 18.1 Å². The zero-order valence-corrected chi connectivity index (χ0v) is 13.0. The van der Waals surface area contributed by atoms with Crippen molar-refractivity contribution in [2.45, 2.75) is 12.6 Å². The first-order valence-corrected chi connectivity index (χ1v) is 7.18. The second-order valence-corrected chi connectivity index (χ2v) is 5.59. The van der Waals surface area contributed by atoms with E-state index in [9.17, 15) is 0 Å². The van der Waals surface area contributed by atoms with Crippen LogP contribution in [0.25, 0.3) is 0 Å². The smallest absolute Gasteiger partial charge is 0.169 e. The Balaban J connectivity index is 2.13. The van der Waals surface area contributed by atoms with E-state index in [2.05, 4.69) is 20.8 Å². The Morgan fingerprint density at radius 2 is 2.05 bits per heavy atom. The molecule has 0 fully saturated rings. The average molecular weight is 344 g/mol. The van der Waals surface area contributed by atoms with Crippen LogP contribution in [0, 0.1) is 0 Å². The average Bonchev–Trinajstić information content (AvgIpc) is 2.80. The number of hydrogen-bond acceptors (Lipinski definition) is 3. The van der Waals surface area contributed by atoms with Crippen LogP contribution in [0.5, 0.6) is 0 Å². The molecular weight excluding hydrogens is 328 g/mol. The van der Waals surface area contributed by atoms with Gasteiger partial charge >= 0.3 is 0 Å². The lowest BCUT2D eigenvalue weighted by molar-refractivity contribution is 0.211. The molecule has 2 aromatic rings. The largest absolute Gasteiger partial charge is 0.453 e. The highest BCUT2D eigenvalue weighted by atomic mass is 79.9. The molecule has 19 heavy (non-hydrogen) atoms. The number of halogens is 2. The Kier molecular flexibility index (Phi) is 5.05. The summed E-state index contributed by atoms with van der Waals surface area (Å²) in [5, 5.41) is 0.769. The third-order valence-corrected chi connectivity index (χ3v) is 3.85. The number of nitrogens with zero attached hydrogens (tertiary/aromatic N) is 1. The highest BCUT2D eigenvalue weighted by Crippen LogP contribution is 2.26. The molecule has 0 aliphatic heterocycles. The van der Waals surface area contributed by atoms with Crippen LogP contribution in [0.2, 0.25) is 5.02 Å². The third kappa shape index (κ3) is 3.60. The first kappa shape index (κ1) is 14.6. The lowest BCUT2D eigenvalue weighted by Gasteiger charge is -2.25. The summed E-state index contributed by atoms with van der Waals surface area (Å²) in [5.74, 6) is 0.851. The summed E-state index contributed by atoms with van der Waals surface area (Å²) >= 11 is 9.49. The zero-order valence-electron chi connectivity index (χ0n) is 10.6. The maximum Gasteiger partial charge on any atom is 0.169 e. The van der Waals surface area contributed by atoms with Gasteiger partial charge in [0.2, 0.25) is 0 Å². The van der Waals surface area contributed by atoms with Crippen molar-refractivity contribution in [1.29, 1.82) is 0 Å². The lowest BCUT2D eigenvalue weighted by Crippen LogP contribution is -2.30. The normalized spacial score (nSPS) is 12.9. The lowest BCUT2D eigenvalue weighted by atomic mass is 10.1. The van der Waals surface area contributed by atoms with Gasteiger partial charge in [-0.3, -0.25) is 4.90 Å². The van der Waals surface area contributed by atoms with Crippen molar-refractivity contribution in [3.8, 4) is 0 Å². The van der Waals surface area contributed by atoms with E-state index >= 15 is 0 Å². The van der Waals surface area contributed by atoms with Gasteiger partial charge in [-0.2, -0.15) is 0 Å². The van der Waals surface area contributed by atoms with E-state index in [1.54, 1.807) is 0 Å². The molecule has 0 amide bonds. The van der Waals surface area contributed by atoms with Crippen LogP contribution in [-0.4, -0.2) is 18.5 Å². The quantitative estimate of drug-likeness (QED) is 0.897. The van der Waals surface area contributed by atoms with Crippen LogP contribution in [-0.2, 0) is 6.54 Å². The van der Waals surface area contributed by atoms with Crippen molar-refractivity contribution in [2.24, 2.45) is 5.73 Å². The number of benzene rings is 1. The number of furan rings is 1. The van der Waals surface area contributed by atoms with Gasteiger partial charge in [0.25, 0.3) is 0 Å². The molecule has 0 saturated carbocycles. The molecule has 1 aromatic heterocycles. The molecular formula is C14H16BrClN2O. The summed E-state index contributed by atoms with van der Waals surface area (Å²) in [6, 6.07) is 11.7. The number of hydrogen-bond donors (Lipinski definition) is 1. The molecule has 0 radical (unpaired) electrons. The van der Waals surface area contributed by atoms with E-state index in [0.717, 1.165) is 22.9 Å². The first-order chi connectivity index (χ1) is 9.11. The standard InChI is InChI=1S/C14H16BrClN2O/c1-18(9-10-4-2-3-5-11(10)16)12(8-17)13-6-7-14(15)19-13/h2-7,12H,8-9,17H2,1H3. The van der Waals surface area contributed by atoms with Crippen LogP contribution in [0.3, 0.4) is 0 Å². The summed E-state index contributed by atoms with van der Waals surface area (Å²) in [6.07, 6.45) is 0. The molecule has 1 unspecified atom stereocenters. The highest BCUT2D eigenvalue weighted by Gasteiger charge is 2.19. The molecule has 0 aliphatic rings. The molecule has 0 bridgehead atoms. The molecule has 0 aliphatic carbocycles. The fraction of sp³-hybridized carbons (Fsp3) is 0.286. The monoisotopic (exact) mass is 342 g/mol. The van der Waals surface area contributed by atoms with Crippen molar-refractivity contribution in [3.63, 3.8) is 0 Å². The molecule has 1 atom stereocenters. The van der Waals surface area contributed by atoms with Crippen LogP contribution in [0.15, 0.2) is 45.5 Å². The minimum atomic E-state index is 0.0302. The van der Waals surface area contributed by atoms with Gasteiger partial charge < -0.3 is 10.2 Å². The Labute approximate surface area is 126 Å². The summed E-state index contributed by atoms with van der Waals surface area (Å²) in [7, 11) is 2.01. The van der Waals surface area contributed by atoms with Crippen LogP contribution in [0.1, 0.15) is 17.4 Å². The van der Waals surface area contributed by atoms with Crippen molar-refractivity contribution >= 4 is 27.5 Å².